The van der Waals surface area contributed by atoms with Crippen LogP contribution >= 0.6 is 11.6 Å². The molecule has 4 nitrogen and oxygen atoms in total. The predicted molar refractivity (Wildman–Crippen MR) is 73.1 cm³/mol. The van der Waals surface area contributed by atoms with Gasteiger partial charge in [-0.1, -0.05) is 18.5 Å². The first-order valence-electron chi connectivity index (χ1n) is 6.14. The van der Waals surface area contributed by atoms with E-state index in [4.69, 9.17) is 16.3 Å². The number of ether oxygens (including phenoxy) is 1. The Morgan fingerprint density at radius 1 is 1.47 bits per heavy atom. The molecule has 1 aromatic carbocycles. The summed E-state index contributed by atoms with van der Waals surface area (Å²) in [6.45, 7) is 5.68. The Bertz CT molecular complexity index is 429. The zero-order chi connectivity index (χ0) is 14.3. The van der Waals surface area contributed by atoms with Crippen LogP contribution < -0.4 is 15.4 Å². The van der Waals surface area contributed by atoms with Crippen LogP contribution in [0.2, 0.25) is 5.02 Å². The summed E-state index contributed by atoms with van der Waals surface area (Å²) in [6.07, 6.45) is -0.690. The average Bonchev–Trinajstić information content (AvgIpc) is 2.37. The number of rotatable bonds is 7. The van der Waals surface area contributed by atoms with Crippen LogP contribution in [0.25, 0.3) is 0 Å². The van der Waals surface area contributed by atoms with E-state index in [0.717, 1.165) is 12.6 Å². The number of amides is 1. The van der Waals surface area contributed by atoms with Crippen molar-refractivity contribution in [1.29, 1.82) is 0 Å². The summed E-state index contributed by atoms with van der Waals surface area (Å²) >= 11 is 5.82. The van der Waals surface area contributed by atoms with Crippen molar-refractivity contribution < 1.29 is 13.9 Å². The minimum absolute atomic E-state index is 0.146. The van der Waals surface area contributed by atoms with Crippen molar-refractivity contribution in [3.8, 4) is 5.75 Å². The van der Waals surface area contributed by atoms with Gasteiger partial charge in [0.05, 0.1) is 5.02 Å². The molecule has 0 saturated heterocycles. The molecule has 1 rings (SSSR count). The fourth-order valence-corrected chi connectivity index (χ4v) is 1.62. The molecule has 106 valence electrons. The maximum absolute atomic E-state index is 12.9. The summed E-state index contributed by atoms with van der Waals surface area (Å²) in [5.41, 5.74) is 0. The van der Waals surface area contributed by atoms with E-state index >= 15 is 0 Å². The fraction of sp³-hybridized carbons (Fsp3) is 0.462. The predicted octanol–water partition coefficient (Wildman–Crippen LogP) is 1.97. The van der Waals surface area contributed by atoms with Crippen molar-refractivity contribution >= 4 is 17.5 Å². The normalized spacial score (nSPS) is 12.0. The molecular weight excluding hydrogens is 271 g/mol. The highest BCUT2D eigenvalue weighted by Crippen LogP contribution is 2.25. The first-order chi connectivity index (χ1) is 9.04. The Kier molecular flexibility index (Phi) is 6.59. The molecule has 0 aliphatic rings. The molecule has 0 fully saturated rings. The van der Waals surface area contributed by atoms with E-state index in [0.29, 0.717) is 13.1 Å². The van der Waals surface area contributed by atoms with Gasteiger partial charge in [0.15, 0.2) is 6.10 Å². The first kappa shape index (κ1) is 15.7. The van der Waals surface area contributed by atoms with Crippen LogP contribution in [-0.4, -0.2) is 31.6 Å². The van der Waals surface area contributed by atoms with Gasteiger partial charge in [-0.05, 0) is 31.7 Å². The average molecular weight is 289 g/mol. The lowest BCUT2D eigenvalue weighted by Gasteiger charge is -2.15. The van der Waals surface area contributed by atoms with Gasteiger partial charge in [-0.2, -0.15) is 0 Å². The zero-order valence-corrected chi connectivity index (χ0v) is 11.8. The molecular formula is C13H18ClFN2O2. The first-order valence-corrected chi connectivity index (χ1v) is 6.52. The minimum Gasteiger partial charge on any atom is -0.479 e. The molecule has 0 aliphatic heterocycles. The van der Waals surface area contributed by atoms with Gasteiger partial charge in [0, 0.05) is 13.1 Å². The highest BCUT2D eigenvalue weighted by atomic mass is 35.5. The Labute approximate surface area is 117 Å². The van der Waals surface area contributed by atoms with E-state index in [1.807, 2.05) is 6.92 Å². The fourth-order valence-electron chi connectivity index (χ4n) is 1.41. The van der Waals surface area contributed by atoms with E-state index in [9.17, 15) is 9.18 Å². The van der Waals surface area contributed by atoms with Gasteiger partial charge in [-0.15, -0.1) is 0 Å². The van der Waals surface area contributed by atoms with E-state index in [1.165, 1.54) is 12.1 Å². The van der Waals surface area contributed by atoms with Gasteiger partial charge in [-0.25, -0.2) is 4.39 Å². The van der Waals surface area contributed by atoms with E-state index in [1.54, 1.807) is 6.92 Å². The lowest BCUT2D eigenvalue weighted by atomic mass is 10.3. The van der Waals surface area contributed by atoms with Crippen molar-refractivity contribution in [2.24, 2.45) is 0 Å². The maximum atomic E-state index is 12.9. The van der Waals surface area contributed by atoms with Crippen molar-refractivity contribution in [1.82, 2.24) is 10.6 Å². The van der Waals surface area contributed by atoms with Crippen molar-refractivity contribution in [2.45, 2.75) is 20.0 Å². The van der Waals surface area contributed by atoms with Crippen LogP contribution in [0.4, 0.5) is 4.39 Å². The third-order valence-corrected chi connectivity index (χ3v) is 2.71. The van der Waals surface area contributed by atoms with Crippen molar-refractivity contribution in [3.05, 3.63) is 29.0 Å². The molecule has 1 amide bonds. The standard InChI is InChI=1S/C13H18ClFN2O2/c1-3-16-6-7-17-13(18)9(2)19-12-5-4-10(15)8-11(12)14/h4-5,8-9,16H,3,6-7H2,1-2H3,(H,17,18). The minimum atomic E-state index is -0.690. The van der Waals surface area contributed by atoms with Gasteiger partial charge in [-0.3, -0.25) is 4.79 Å². The maximum Gasteiger partial charge on any atom is 0.260 e. The highest BCUT2D eigenvalue weighted by molar-refractivity contribution is 6.32. The van der Waals surface area contributed by atoms with Crippen LogP contribution in [0.15, 0.2) is 18.2 Å². The van der Waals surface area contributed by atoms with Crippen molar-refractivity contribution in [3.63, 3.8) is 0 Å². The van der Waals surface area contributed by atoms with Crippen LogP contribution in [0.5, 0.6) is 5.75 Å². The van der Waals surface area contributed by atoms with Gasteiger partial charge in [0.25, 0.3) is 5.91 Å². The molecule has 0 aliphatic carbocycles. The van der Waals surface area contributed by atoms with E-state index in [2.05, 4.69) is 10.6 Å². The van der Waals surface area contributed by atoms with Crippen molar-refractivity contribution in [2.75, 3.05) is 19.6 Å². The van der Waals surface area contributed by atoms with E-state index < -0.39 is 11.9 Å². The number of hydrogen-bond donors (Lipinski definition) is 2. The Balaban J connectivity index is 2.45. The lowest BCUT2D eigenvalue weighted by molar-refractivity contribution is -0.127. The molecule has 0 bridgehead atoms. The molecule has 19 heavy (non-hydrogen) atoms. The van der Waals surface area contributed by atoms with Gasteiger partial charge in [0.1, 0.15) is 11.6 Å². The largest absolute Gasteiger partial charge is 0.479 e. The highest BCUT2D eigenvalue weighted by Gasteiger charge is 2.15. The van der Waals surface area contributed by atoms with Crippen LogP contribution in [0.1, 0.15) is 13.8 Å². The number of nitrogens with one attached hydrogen (secondary N) is 2. The number of carbonyl (C=O) groups is 1. The molecule has 0 spiro atoms. The number of carbonyl (C=O) groups excluding carboxylic acids is 1. The molecule has 0 saturated carbocycles. The molecule has 1 unspecified atom stereocenters. The molecule has 2 N–H and O–H groups in total. The third kappa shape index (κ3) is 5.44. The molecule has 1 atom stereocenters. The molecule has 1 aromatic rings. The second kappa shape index (κ2) is 7.96. The van der Waals surface area contributed by atoms with Gasteiger partial charge in [0.2, 0.25) is 0 Å². The van der Waals surface area contributed by atoms with Gasteiger partial charge < -0.3 is 15.4 Å². The molecule has 0 aromatic heterocycles. The van der Waals surface area contributed by atoms with Crippen LogP contribution in [-0.2, 0) is 4.79 Å². The second-order valence-corrected chi connectivity index (χ2v) is 4.39. The zero-order valence-electron chi connectivity index (χ0n) is 11.0. The number of halogens is 2. The number of benzene rings is 1. The summed E-state index contributed by atoms with van der Waals surface area (Å²) in [4.78, 5) is 11.7. The lowest BCUT2D eigenvalue weighted by Crippen LogP contribution is -2.39. The summed E-state index contributed by atoms with van der Waals surface area (Å²) in [5.74, 6) is -0.393. The Hall–Kier alpha value is -1.33. The summed E-state index contributed by atoms with van der Waals surface area (Å²) in [6, 6.07) is 3.78. The summed E-state index contributed by atoms with van der Waals surface area (Å²) < 4.78 is 18.2. The quantitative estimate of drug-likeness (QED) is 0.754. The third-order valence-electron chi connectivity index (χ3n) is 2.42. The molecule has 6 heteroatoms. The number of hydrogen-bond acceptors (Lipinski definition) is 3. The smallest absolute Gasteiger partial charge is 0.260 e. The van der Waals surface area contributed by atoms with Gasteiger partial charge >= 0.3 is 0 Å². The molecule has 0 radical (unpaired) electrons. The Morgan fingerprint density at radius 3 is 2.84 bits per heavy atom. The monoisotopic (exact) mass is 288 g/mol. The topological polar surface area (TPSA) is 50.4 Å². The Morgan fingerprint density at radius 2 is 2.21 bits per heavy atom. The van der Waals surface area contributed by atoms with Crippen LogP contribution in [0, 0.1) is 5.82 Å². The SMILES string of the molecule is CCNCCNC(=O)C(C)Oc1ccc(F)cc1Cl. The summed E-state index contributed by atoms with van der Waals surface area (Å²) in [7, 11) is 0. The summed E-state index contributed by atoms with van der Waals surface area (Å²) in [5, 5.41) is 5.96. The molecule has 0 heterocycles. The second-order valence-electron chi connectivity index (χ2n) is 3.98. The van der Waals surface area contributed by atoms with Crippen LogP contribution in [0.3, 0.4) is 0 Å². The number of likely N-dealkylation sites (N-methyl/N-ethyl adjacent to an activating group) is 1. The van der Waals surface area contributed by atoms with E-state index in [-0.39, 0.29) is 16.7 Å².